The molecule has 2 aliphatic carbocycles. The molecule has 0 aromatic carbocycles. The molecule has 0 aromatic heterocycles. The fourth-order valence-electron chi connectivity index (χ4n) is 2.60. The second-order valence-corrected chi connectivity index (χ2v) is 7.20. The lowest BCUT2D eigenvalue weighted by Gasteiger charge is -2.26. The Labute approximate surface area is 95.5 Å². The minimum absolute atomic E-state index is 0.211. The molecule has 2 fully saturated rings. The molecule has 0 heterocycles. The Hall–Kier alpha value is 0.110. The zero-order valence-electron chi connectivity index (χ0n) is 9.65. The molecular weight excluding hydrogens is 206 g/mol. The second kappa shape index (κ2) is 4.96. The third-order valence-corrected chi connectivity index (χ3v) is 5.73. The van der Waals surface area contributed by atoms with Gasteiger partial charge in [0.05, 0.1) is 0 Å². The van der Waals surface area contributed by atoms with Gasteiger partial charge in [0, 0.05) is 27.8 Å². The van der Waals surface area contributed by atoms with E-state index >= 15 is 0 Å². The summed E-state index contributed by atoms with van der Waals surface area (Å²) in [4.78, 5) is 0. The van der Waals surface area contributed by atoms with E-state index in [-0.39, 0.29) is 6.04 Å². The molecule has 0 spiro atoms. The predicted molar refractivity (Wildman–Crippen MR) is 65.1 cm³/mol. The topological polar surface area (TPSA) is 43.1 Å². The zero-order chi connectivity index (χ0) is 10.8. The SMILES string of the molecule is CC1CCCC(S(=O)CC(N)C2CC2)C1. The van der Waals surface area contributed by atoms with Crippen LogP contribution < -0.4 is 5.73 Å². The van der Waals surface area contributed by atoms with Crippen LogP contribution in [0.2, 0.25) is 0 Å². The smallest absolute Gasteiger partial charge is 0.0392 e. The summed E-state index contributed by atoms with van der Waals surface area (Å²) < 4.78 is 12.1. The first kappa shape index (κ1) is 11.6. The molecule has 0 bridgehead atoms. The molecule has 0 aromatic rings. The van der Waals surface area contributed by atoms with Gasteiger partial charge in [-0.2, -0.15) is 0 Å². The van der Waals surface area contributed by atoms with Crippen molar-refractivity contribution in [2.45, 2.75) is 56.7 Å². The van der Waals surface area contributed by atoms with E-state index in [4.69, 9.17) is 5.73 Å². The molecule has 0 radical (unpaired) electrons. The third-order valence-electron chi connectivity index (χ3n) is 3.84. The second-order valence-electron chi connectivity index (χ2n) is 5.44. The van der Waals surface area contributed by atoms with Crippen molar-refractivity contribution in [2.24, 2.45) is 17.6 Å². The van der Waals surface area contributed by atoms with Crippen molar-refractivity contribution in [3.8, 4) is 0 Å². The molecule has 4 unspecified atom stereocenters. The highest BCUT2D eigenvalue weighted by molar-refractivity contribution is 7.85. The highest BCUT2D eigenvalue weighted by Crippen LogP contribution is 2.33. The maximum Gasteiger partial charge on any atom is 0.0392 e. The van der Waals surface area contributed by atoms with Crippen molar-refractivity contribution in [1.29, 1.82) is 0 Å². The molecule has 2 N–H and O–H groups in total. The van der Waals surface area contributed by atoms with Gasteiger partial charge in [0.2, 0.25) is 0 Å². The lowest BCUT2D eigenvalue weighted by Crippen LogP contribution is -2.34. The summed E-state index contributed by atoms with van der Waals surface area (Å²) in [5.41, 5.74) is 6.03. The van der Waals surface area contributed by atoms with Crippen LogP contribution in [0.3, 0.4) is 0 Å². The fourth-order valence-corrected chi connectivity index (χ4v) is 4.50. The van der Waals surface area contributed by atoms with Gasteiger partial charge in [-0.1, -0.05) is 19.8 Å². The minimum atomic E-state index is -0.663. The summed E-state index contributed by atoms with van der Waals surface area (Å²) in [7, 11) is -0.663. The molecule has 2 saturated carbocycles. The largest absolute Gasteiger partial charge is 0.327 e. The maximum atomic E-state index is 12.1. The van der Waals surface area contributed by atoms with E-state index in [2.05, 4.69) is 6.92 Å². The van der Waals surface area contributed by atoms with Crippen LogP contribution in [0.4, 0.5) is 0 Å². The van der Waals surface area contributed by atoms with E-state index < -0.39 is 10.8 Å². The van der Waals surface area contributed by atoms with Gasteiger partial charge < -0.3 is 5.73 Å². The van der Waals surface area contributed by atoms with Crippen LogP contribution >= 0.6 is 0 Å². The molecule has 15 heavy (non-hydrogen) atoms. The Bertz CT molecular complexity index is 240. The van der Waals surface area contributed by atoms with Gasteiger partial charge in [0.25, 0.3) is 0 Å². The van der Waals surface area contributed by atoms with Crippen LogP contribution in [0, 0.1) is 11.8 Å². The lowest BCUT2D eigenvalue weighted by molar-refractivity contribution is 0.388. The van der Waals surface area contributed by atoms with Crippen LogP contribution in [0.5, 0.6) is 0 Å². The highest BCUT2D eigenvalue weighted by atomic mass is 32.2. The summed E-state index contributed by atoms with van der Waals surface area (Å²) in [5.74, 6) is 2.21. The van der Waals surface area contributed by atoms with Gasteiger partial charge in [-0.3, -0.25) is 4.21 Å². The highest BCUT2D eigenvalue weighted by Gasteiger charge is 2.32. The average molecular weight is 229 g/mol. The van der Waals surface area contributed by atoms with Crippen LogP contribution in [0.1, 0.15) is 45.4 Å². The van der Waals surface area contributed by atoms with E-state index in [1.54, 1.807) is 0 Å². The van der Waals surface area contributed by atoms with E-state index in [0.717, 1.165) is 24.5 Å². The zero-order valence-corrected chi connectivity index (χ0v) is 10.5. The summed E-state index contributed by atoms with van der Waals surface area (Å²) in [6.45, 7) is 2.28. The van der Waals surface area contributed by atoms with Crippen molar-refractivity contribution in [3.63, 3.8) is 0 Å². The molecule has 0 aliphatic heterocycles. The fraction of sp³-hybridized carbons (Fsp3) is 1.00. The summed E-state index contributed by atoms with van der Waals surface area (Å²) in [5, 5.41) is 0.443. The van der Waals surface area contributed by atoms with Gasteiger partial charge in [-0.25, -0.2) is 0 Å². The first-order valence-electron chi connectivity index (χ1n) is 6.29. The molecule has 2 rings (SSSR count). The van der Waals surface area contributed by atoms with Crippen molar-refractivity contribution in [2.75, 3.05) is 5.75 Å². The Morgan fingerprint density at radius 3 is 2.67 bits per heavy atom. The Kier molecular flexibility index (Phi) is 3.83. The molecular formula is C12H23NOS. The van der Waals surface area contributed by atoms with E-state index in [1.165, 1.54) is 25.7 Å². The monoisotopic (exact) mass is 229 g/mol. The first-order chi connectivity index (χ1) is 7.16. The Morgan fingerprint density at radius 2 is 2.07 bits per heavy atom. The van der Waals surface area contributed by atoms with Crippen LogP contribution in [-0.4, -0.2) is 21.3 Å². The Balaban J connectivity index is 1.78. The van der Waals surface area contributed by atoms with Gasteiger partial charge >= 0.3 is 0 Å². The Morgan fingerprint density at radius 1 is 1.33 bits per heavy atom. The van der Waals surface area contributed by atoms with Crippen molar-refractivity contribution in [1.82, 2.24) is 0 Å². The van der Waals surface area contributed by atoms with Crippen molar-refractivity contribution in [3.05, 3.63) is 0 Å². The van der Waals surface area contributed by atoms with Crippen molar-refractivity contribution < 1.29 is 4.21 Å². The summed E-state index contributed by atoms with van der Waals surface area (Å²) >= 11 is 0. The molecule has 88 valence electrons. The standard InChI is InChI=1S/C12H23NOS/c1-9-3-2-4-11(7-9)15(14)8-12(13)10-5-6-10/h9-12H,2-8,13H2,1H3. The van der Waals surface area contributed by atoms with Crippen molar-refractivity contribution >= 4 is 10.8 Å². The summed E-state index contributed by atoms with van der Waals surface area (Å²) in [6, 6.07) is 0.211. The quantitative estimate of drug-likeness (QED) is 0.802. The van der Waals surface area contributed by atoms with E-state index in [0.29, 0.717) is 11.2 Å². The number of hydrogen-bond donors (Lipinski definition) is 1. The first-order valence-corrected chi connectivity index (χ1v) is 7.67. The minimum Gasteiger partial charge on any atom is -0.327 e. The van der Waals surface area contributed by atoms with Crippen LogP contribution in [0.25, 0.3) is 0 Å². The normalized spacial score (nSPS) is 36.1. The van der Waals surface area contributed by atoms with Gasteiger partial charge in [-0.05, 0) is 37.5 Å². The van der Waals surface area contributed by atoms with Gasteiger partial charge in [0.15, 0.2) is 0 Å². The number of hydrogen-bond acceptors (Lipinski definition) is 2. The van der Waals surface area contributed by atoms with Gasteiger partial charge in [-0.15, -0.1) is 0 Å². The summed E-state index contributed by atoms with van der Waals surface area (Å²) in [6.07, 6.45) is 7.43. The van der Waals surface area contributed by atoms with Crippen LogP contribution in [0.15, 0.2) is 0 Å². The predicted octanol–water partition coefficient (Wildman–Crippen LogP) is 2.05. The third kappa shape index (κ3) is 3.28. The van der Waals surface area contributed by atoms with E-state index in [1.807, 2.05) is 0 Å². The average Bonchev–Trinajstić information content (AvgIpc) is 3.00. The molecule has 4 atom stereocenters. The molecule has 3 heteroatoms. The number of rotatable bonds is 4. The van der Waals surface area contributed by atoms with E-state index in [9.17, 15) is 4.21 Å². The molecule has 0 amide bonds. The van der Waals surface area contributed by atoms with Crippen LogP contribution in [-0.2, 0) is 10.8 Å². The van der Waals surface area contributed by atoms with Gasteiger partial charge in [0.1, 0.15) is 0 Å². The molecule has 2 nitrogen and oxygen atoms in total. The number of nitrogens with two attached hydrogens (primary N) is 1. The molecule has 2 aliphatic rings. The molecule has 0 saturated heterocycles. The lowest BCUT2D eigenvalue weighted by atomic mass is 9.91. The maximum absolute atomic E-state index is 12.1.